The van der Waals surface area contributed by atoms with E-state index in [4.69, 9.17) is 9.47 Å². The van der Waals surface area contributed by atoms with Gasteiger partial charge in [0.25, 0.3) is 0 Å². The predicted octanol–water partition coefficient (Wildman–Crippen LogP) is 4.10. The van der Waals surface area contributed by atoms with Crippen LogP contribution >= 0.6 is 15.9 Å². The Labute approximate surface area is 202 Å². The summed E-state index contributed by atoms with van der Waals surface area (Å²) in [5.74, 6) is 1.45. The summed E-state index contributed by atoms with van der Waals surface area (Å²) >= 11 is 3.40. The molecule has 0 N–H and O–H groups in total. The van der Waals surface area contributed by atoms with E-state index in [2.05, 4.69) is 40.1 Å². The largest absolute Gasteiger partial charge is 0.497 e. The lowest BCUT2D eigenvalue weighted by molar-refractivity contribution is 0.186. The number of ether oxygens (including phenoxy) is 2. The molecule has 8 nitrogen and oxygen atoms in total. The van der Waals surface area contributed by atoms with E-state index >= 15 is 0 Å². The molecule has 10 heteroatoms. The minimum Gasteiger partial charge on any atom is -0.497 e. The lowest BCUT2D eigenvalue weighted by atomic mass is 10.0. The molecular formula is C23H27BrN4O4S. The SMILES string of the molecule is COc1ccc(Cn2cc(CN3[C@H](CC(C)C)COc4cc(Br)ccc4S3(=O)=O)nn2)cc1. The Hall–Kier alpha value is -2.43. The highest BCUT2D eigenvalue weighted by atomic mass is 79.9. The third kappa shape index (κ3) is 5.39. The van der Waals surface area contributed by atoms with Crippen LogP contribution in [-0.2, 0) is 23.1 Å². The van der Waals surface area contributed by atoms with Gasteiger partial charge in [0, 0.05) is 4.47 Å². The summed E-state index contributed by atoms with van der Waals surface area (Å²) in [5, 5.41) is 8.46. The Bertz CT molecular complexity index is 1210. The Balaban J connectivity index is 1.60. The molecule has 0 bridgehead atoms. The molecule has 4 rings (SSSR count). The second-order valence-electron chi connectivity index (χ2n) is 8.49. The number of halogens is 1. The van der Waals surface area contributed by atoms with Crippen LogP contribution in [0.15, 0.2) is 58.0 Å². The molecule has 2 aromatic carbocycles. The Morgan fingerprint density at radius 1 is 1.18 bits per heavy atom. The Morgan fingerprint density at radius 3 is 2.64 bits per heavy atom. The molecular weight excluding hydrogens is 508 g/mol. The third-order valence-corrected chi connectivity index (χ3v) is 7.91. The van der Waals surface area contributed by atoms with Crippen LogP contribution < -0.4 is 9.47 Å². The van der Waals surface area contributed by atoms with Gasteiger partial charge in [-0.2, -0.15) is 4.31 Å². The number of hydrogen-bond acceptors (Lipinski definition) is 6. The average Bonchev–Trinajstić information content (AvgIpc) is 3.18. The fourth-order valence-electron chi connectivity index (χ4n) is 3.91. The number of methoxy groups -OCH3 is 1. The highest BCUT2D eigenvalue weighted by Crippen LogP contribution is 2.35. The second-order valence-corrected chi connectivity index (χ2v) is 11.3. The first-order valence-electron chi connectivity index (χ1n) is 10.7. The molecule has 0 amide bonds. The van der Waals surface area contributed by atoms with Crippen molar-refractivity contribution in [2.24, 2.45) is 5.92 Å². The molecule has 1 aliphatic heterocycles. The number of rotatable bonds is 7. The lowest BCUT2D eigenvalue weighted by Gasteiger charge is -2.28. The van der Waals surface area contributed by atoms with E-state index in [0.29, 0.717) is 30.3 Å². The predicted molar refractivity (Wildman–Crippen MR) is 128 cm³/mol. The maximum absolute atomic E-state index is 13.7. The van der Waals surface area contributed by atoms with Crippen LogP contribution in [0.2, 0.25) is 0 Å². The summed E-state index contributed by atoms with van der Waals surface area (Å²) < 4.78 is 42.4. The van der Waals surface area contributed by atoms with Crippen LogP contribution in [0.5, 0.6) is 11.5 Å². The molecule has 0 saturated heterocycles. The van der Waals surface area contributed by atoms with Crippen molar-refractivity contribution in [3.8, 4) is 11.5 Å². The number of hydrogen-bond donors (Lipinski definition) is 0. The fourth-order valence-corrected chi connectivity index (χ4v) is 5.96. The van der Waals surface area contributed by atoms with E-state index in [1.807, 2.05) is 24.3 Å². The van der Waals surface area contributed by atoms with E-state index in [9.17, 15) is 8.42 Å². The highest BCUT2D eigenvalue weighted by Gasteiger charge is 2.38. The first kappa shape index (κ1) is 23.7. The molecule has 0 saturated carbocycles. The highest BCUT2D eigenvalue weighted by molar-refractivity contribution is 9.10. The number of aromatic nitrogens is 3. The molecule has 3 aromatic rings. The van der Waals surface area contributed by atoms with Gasteiger partial charge in [-0.15, -0.1) is 5.10 Å². The number of benzene rings is 2. The van der Waals surface area contributed by atoms with Gasteiger partial charge in [-0.05, 0) is 48.2 Å². The van der Waals surface area contributed by atoms with Gasteiger partial charge in [0.15, 0.2) is 0 Å². The van der Waals surface area contributed by atoms with Crippen LogP contribution in [0.3, 0.4) is 0 Å². The topological polar surface area (TPSA) is 86.5 Å². The zero-order chi connectivity index (χ0) is 23.6. The van der Waals surface area contributed by atoms with Crippen LogP contribution in [0.25, 0.3) is 0 Å². The number of sulfonamides is 1. The quantitative estimate of drug-likeness (QED) is 0.453. The standard InChI is InChI=1S/C23H27BrN4O4S/c1-16(2)10-20-15-32-22-11-18(24)6-9-23(22)33(29,30)28(20)14-19-13-27(26-25-19)12-17-4-7-21(31-3)8-5-17/h4-9,11,13,16,20H,10,12,14-15H2,1-3H3/t20-/m1/s1. The summed E-state index contributed by atoms with van der Waals surface area (Å²) in [5.41, 5.74) is 1.63. The molecule has 0 spiro atoms. The smallest absolute Gasteiger partial charge is 0.247 e. The summed E-state index contributed by atoms with van der Waals surface area (Å²) in [6.07, 6.45) is 2.47. The minimum absolute atomic E-state index is 0.126. The van der Waals surface area contributed by atoms with E-state index in [1.165, 1.54) is 4.31 Å². The second kappa shape index (κ2) is 9.82. The van der Waals surface area contributed by atoms with Crippen molar-refractivity contribution in [1.82, 2.24) is 19.3 Å². The first-order valence-corrected chi connectivity index (χ1v) is 13.0. The number of nitrogens with zero attached hydrogens (tertiary/aromatic N) is 4. The molecule has 1 aliphatic rings. The van der Waals surface area contributed by atoms with Crippen molar-refractivity contribution < 1.29 is 17.9 Å². The van der Waals surface area contributed by atoms with Crippen molar-refractivity contribution in [2.45, 2.75) is 44.3 Å². The Morgan fingerprint density at radius 2 is 1.94 bits per heavy atom. The van der Waals surface area contributed by atoms with Gasteiger partial charge < -0.3 is 9.47 Å². The molecule has 0 radical (unpaired) electrons. The van der Waals surface area contributed by atoms with Gasteiger partial charge in [0.2, 0.25) is 10.0 Å². The van der Waals surface area contributed by atoms with Gasteiger partial charge >= 0.3 is 0 Å². The summed E-state index contributed by atoms with van der Waals surface area (Å²) in [6, 6.07) is 12.4. The van der Waals surface area contributed by atoms with Gasteiger partial charge in [-0.1, -0.05) is 47.1 Å². The Kier molecular flexibility index (Phi) is 7.06. The molecule has 33 heavy (non-hydrogen) atoms. The fraction of sp³-hybridized carbons (Fsp3) is 0.391. The van der Waals surface area contributed by atoms with Crippen molar-refractivity contribution in [3.63, 3.8) is 0 Å². The van der Waals surface area contributed by atoms with Gasteiger partial charge in [0.1, 0.15) is 23.0 Å². The van der Waals surface area contributed by atoms with Crippen molar-refractivity contribution in [3.05, 3.63) is 64.4 Å². The molecule has 1 atom stereocenters. The van der Waals surface area contributed by atoms with Crippen LogP contribution in [0, 0.1) is 5.92 Å². The minimum atomic E-state index is -3.79. The van der Waals surface area contributed by atoms with Crippen molar-refractivity contribution in [1.29, 1.82) is 0 Å². The third-order valence-electron chi connectivity index (χ3n) is 5.48. The monoisotopic (exact) mass is 534 g/mol. The average molecular weight is 535 g/mol. The van der Waals surface area contributed by atoms with Gasteiger partial charge in [0.05, 0.1) is 38.1 Å². The lowest BCUT2D eigenvalue weighted by Crippen LogP contribution is -2.42. The van der Waals surface area contributed by atoms with Gasteiger partial charge in [-0.25, -0.2) is 13.1 Å². The molecule has 0 aliphatic carbocycles. The number of fused-ring (bicyclic) bond motifs is 1. The molecule has 176 valence electrons. The van der Waals surface area contributed by atoms with E-state index < -0.39 is 10.0 Å². The van der Waals surface area contributed by atoms with Gasteiger partial charge in [-0.3, -0.25) is 0 Å². The van der Waals surface area contributed by atoms with E-state index in [0.717, 1.165) is 15.8 Å². The van der Waals surface area contributed by atoms with E-state index in [1.54, 1.807) is 36.2 Å². The van der Waals surface area contributed by atoms with Crippen molar-refractivity contribution in [2.75, 3.05) is 13.7 Å². The maximum Gasteiger partial charge on any atom is 0.247 e. The summed E-state index contributed by atoms with van der Waals surface area (Å²) in [6.45, 7) is 5.08. The zero-order valence-electron chi connectivity index (χ0n) is 18.8. The summed E-state index contributed by atoms with van der Waals surface area (Å²) in [7, 11) is -2.16. The molecule has 0 unspecified atom stereocenters. The van der Waals surface area contributed by atoms with Crippen molar-refractivity contribution >= 4 is 26.0 Å². The van der Waals surface area contributed by atoms with Crippen LogP contribution in [0.1, 0.15) is 31.5 Å². The zero-order valence-corrected chi connectivity index (χ0v) is 21.2. The summed E-state index contributed by atoms with van der Waals surface area (Å²) in [4.78, 5) is 0.169. The maximum atomic E-state index is 13.7. The normalized spacial score (nSPS) is 17.9. The van der Waals surface area contributed by atoms with E-state index in [-0.39, 0.29) is 24.1 Å². The molecule has 1 aromatic heterocycles. The molecule has 0 fully saturated rings. The van der Waals surface area contributed by atoms with Crippen LogP contribution in [0.4, 0.5) is 0 Å². The van der Waals surface area contributed by atoms with Crippen LogP contribution in [-0.4, -0.2) is 47.5 Å². The molecule has 2 heterocycles. The first-order chi connectivity index (χ1) is 15.8.